The van der Waals surface area contributed by atoms with Gasteiger partial charge in [0.25, 0.3) is 5.91 Å². The van der Waals surface area contributed by atoms with E-state index in [1.165, 1.54) is 24.2 Å². The van der Waals surface area contributed by atoms with E-state index >= 15 is 0 Å². The highest BCUT2D eigenvalue weighted by Gasteiger charge is 2.26. The third kappa shape index (κ3) is 3.26. The lowest BCUT2D eigenvalue weighted by Crippen LogP contribution is -2.33. The molecule has 8 heteroatoms. The minimum atomic E-state index is 0.0904. The van der Waals surface area contributed by atoms with Crippen LogP contribution < -0.4 is 0 Å². The largest absolute Gasteiger partial charge is 0.336 e. The summed E-state index contributed by atoms with van der Waals surface area (Å²) in [7, 11) is 0. The molecule has 1 fully saturated rings. The van der Waals surface area contributed by atoms with Gasteiger partial charge in [0.05, 0.1) is 28.8 Å². The summed E-state index contributed by atoms with van der Waals surface area (Å²) in [6.07, 6.45) is 9.41. The highest BCUT2D eigenvalue weighted by Crippen LogP contribution is 2.31. The Hall–Kier alpha value is -2.48. The van der Waals surface area contributed by atoms with Crippen molar-refractivity contribution < 1.29 is 4.79 Å². The number of fused-ring (bicyclic) bond motifs is 1. The highest BCUT2D eigenvalue weighted by molar-refractivity contribution is 7.13. The van der Waals surface area contributed by atoms with Gasteiger partial charge in [-0.15, -0.1) is 11.3 Å². The van der Waals surface area contributed by atoms with Crippen LogP contribution in [0.1, 0.15) is 39.0 Å². The van der Waals surface area contributed by atoms with Gasteiger partial charge in [0.2, 0.25) is 0 Å². The first kappa shape index (κ1) is 17.6. The number of hydrogen-bond donors (Lipinski definition) is 0. The van der Waals surface area contributed by atoms with Crippen molar-refractivity contribution in [3.63, 3.8) is 0 Å². The van der Waals surface area contributed by atoms with Crippen molar-refractivity contribution in [3.05, 3.63) is 40.0 Å². The minimum absolute atomic E-state index is 0.0904. The van der Waals surface area contributed by atoms with Crippen molar-refractivity contribution in [2.45, 2.75) is 46.2 Å². The summed E-state index contributed by atoms with van der Waals surface area (Å²) in [5.41, 5.74) is 3.03. The van der Waals surface area contributed by atoms with Crippen molar-refractivity contribution in [3.8, 4) is 11.3 Å². The van der Waals surface area contributed by atoms with E-state index in [1.807, 2.05) is 35.8 Å². The van der Waals surface area contributed by atoms with E-state index in [9.17, 15) is 4.79 Å². The van der Waals surface area contributed by atoms with Gasteiger partial charge in [-0.2, -0.15) is 5.10 Å². The molecule has 0 saturated heterocycles. The van der Waals surface area contributed by atoms with Crippen LogP contribution in [0.4, 0.5) is 0 Å². The van der Waals surface area contributed by atoms with E-state index in [1.54, 1.807) is 0 Å². The molecular weight excluding hydrogens is 372 g/mol. The third-order valence-electron chi connectivity index (χ3n) is 5.59. The molecule has 3 aromatic rings. The first-order valence-corrected chi connectivity index (χ1v) is 10.7. The van der Waals surface area contributed by atoms with Crippen LogP contribution in [0.2, 0.25) is 0 Å². The van der Waals surface area contributed by atoms with Crippen molar-refractivity contribution in [2.24, 2.45) is 5.92 Å². The topological polar surface area (TPSA) is 68.8 Å². The smallest absolute Gasteiger partial charge is 0.265 e. The van der Waals surface area contributed by atoms with Gasteiger partial charge in [0, 0.05) is 44.4 Å². The summed E-state index contributed by atoms with van der Waals surface area (Å²) in [5.74, 6) is 1.93. The van der Waals surface area contributed by atoms with Crippen LogP contribution in [0, 0.1) is 19.8 Å². The number of hydrogen-bond acceptors (Lipinski definition) is 5. The molecule has 1 saturated carbocycles. The number of rotatable bonds is 4. The molecule has 0 spiro atoms. The molecule has 0 radical (unpaired) electrons. The van der Waals surface area contributed by atoms with Crippen molar-refractivity contribution in [2.75, 3.05) is 13.1 Å². The fourth-order valence-electron chi connectivity index (χ4n) is 3.90. The van der Waals surface area contributed by atoms with Gasteiger partial charge in [-0.05, 0) is 32.6 Å². The molecule has 7 nitrogen and oxygen atoms in total. The number of amides is 1. The molecule has 28 heavy (non-hydrogen) atoms. The lowest BCUT2D eigenvalue weighted by atomic mass is 10.2. The average Bonchev–Trinajstić information content (AvgIpc) is 3.13. The van der Waals surface area contributed by atoms with Crippen LogP contribution in [-0.2, 0) is 19.5 Å². The lowest BCUT2D eigenvalue weighted by Gasteiger charge is -2.19. The van der Waals surface area contributed by atoms with E-state index in [0.29, 0.717) is 13.1 Å². The number of imidazole rings is 1. The minimum Gasteiger partial charge on any atom is -0.336 e. The number of carbonyl (C=O) groups is 1. The summed E-state index contributed by atoms with van der Waals surface area (Å²) in [6, 6.07) is 0. The third-order valence-corrected chi connectivity index (χ3v) is 6.65. The molecule has 4 heterocycles. The Morgan fingerprint density at radius 2 is 2.07 bits per heavy atom. The van der Waals surface area contributed by atoms with Gasteiger partial charge in [-0.3, -0.25) is 9.48 Å². The Kier molecular flexibility index (Phi) is 4.30. The molecule has 3 aromatic heterocycles. The molecule has 0 bridgehead atoms. The normalized spacial score (nSPS) is 16.9. The molecule has 1 amide bonds. The number of aromatic nitrogens is 5. The second kappa shape index (κ2) is 6.84. The van der Waals surface area contributed by atoms with Crippen LogP contribution >= 0.6 is 11.3 Å². The summed E-state index contributed by atoms with van der Waals surface area (Å²) in [4.78, 5) is 24.7. The van der Waals surface area contributed by atoms with Crippen LogP contribution in [0.5, 0.6) is 0 Å². The number of nitrogens with zero attached hydrogens (tertiary/aromatic N) is 6. The number of carbonyl (C=O) groups excluding carboxylic acids is 1. The fraction of sp³-hybridized carbons (Fsp3) is 0.500. The van der Waals surface area contributed by atoms with Gasteiger partial charge in [0.15, 0.2) is 0 Å². The van der Waals surface area contributed by atoms with Gasteiger partial charge in [0.1, 0.15) is 10.7 Å². The lowest BCUT2D eigenvalue weighted by molar-refractivity contribution is 0.0763. The van der Waals surface area contributed by atoms with Gasteiger partial charge in [-0.1, -0.05) is 0 Å². The maximum atomic E-state index is 13.0. The number of aryl methyl sites for hydroxylation is 2. The Balaban J connectivity index is 1.34. The van der Waals surface area contributed by atoms with Gasteiger partial charge in [-0.25, -0.2) is 9.97 Å². The predicted octanol–water partition coefficient (Wildman–Crippen LogP) is 2.93. The maximum absolute atomic E-state index is 13.0. The summed E-state index contributed by atoms with van der Waals surface area (Å²) in [6.45, 7) is 6.99. The second-order valence-electron chi connectivity index (χ2n) is 7.80. The van der Waals surface area contributed by atoms with E-state index < -0.39 is 0 Å². The molecule has 1 aliphatic heterocycles. The van der Waals surface area contributed by atoms with E-state index in [4.69, 9.17) is 0 Å². The van der Waals surface area contributed by atoms with E-state index in [0.717, 1.165) is 58.1 Å². The fourth-order valence-corrected chi connectivity index (χ4v) is 4.79. The first-order chi connectivity index (χ1) is 13.6. The molecule has 0 N–H and O–H groups in total. The Labute approximate surface area is 168 Å². The zero-order valence-electron chi connectivity index (χ0n) is 16.3. The summed E-state index contributed by atoms with van der Waals surface area (Å²) in [5, 5.41) is 5.46. The van der Waals surface area contributed by atoms with E-state index in [-0.39, 0.29) is 5.91 Å². The first-order valence-electron chi connectivity index (χ1n) is 9.89. The zero-order valence-corrected chi connectivity index (χ0v) is 17.1. The molecule has 0 atom stereocenters. The SMILES string of the molecule is Cc1nc(C)c(C(=O)N2CCc3ncc(-c4cnn(CC5CC5)c4)n3CC2)s1. The maximum Gasteiger partial charge on any atom is 0.265 e. The summed E-state index contributed by atoms with van der Waals surface area (Å²) >= 11 is 1.49. The highest BCUT2D eigenvalue weighted by atomic mass is 32.1. The molecular formula is C20H24N6OS. The quantitative estimate of drug-likeness (QED) is 0.680. The van der Waals surface area contributed by atoms with Gasteiger partial charge >= 0.3 is 0 Å². The Morgan fingerprint density at radius 3 is 2.82 bits per heavy atom. The standard InChI is InChI=1S/C20H24N6OS/c1-13-19(28-14(2)23-13)20(27)24-6-5-18-21-10-17(26(18)8-7-24)16-9-22-25(12-16)11-15-3-4-15/h9-10,12,15H,3-8,11H2,1-2H3. The Morgan fingerprint density at radius 1 is 1.21 bits per heavy atom. The molecule has 0 unspecified atom stereocenters. The van der Waals surface area contributed by atoms with Crippen molar-refractivity contribution >= 4 is 17.2 Å². The second-order valence-corrected chi connectivity index (χ2v) is 9.00. The zero-order chi connectivity index (χ0) is 19.3. The van der Waals surface area contributed by atoms with Crippen LogP contribution in [0.15, 0.2) is 18.6 Å². The molecule has 5 rings (SSSR count). The molecule has 1 aliphatic carbocycles. The predicted molar refractivity (Wildman–Crippen MR) is 107 cm³/mol. The average molecular weight is 397 g/mol. The number of thiazole rings is 1. The molecule has 146 valence electrons. The monoisotopic (exact) mass is 396 g/mol. The van der Waals surface area contributed by atoms with Crippen molar-refractivity contribution in [1.29, 1.82) is 0 Å². The summed E-state index contributed by atoms with van der Waals surface area (Å²) < 4.78 is 4.30. The molecule has 0 aromatic carbocycles. The van der Waals surface area contributed by atoms with Crippen LogP contribution in [0.3, 0.4) is 0 Å². The van der Waals surface area contributed by atoms with E-state index in [2.05, 4.69) is 25.8 Å². The van der Waals surface area contributed by atoms with Crippen LogP contribution in [-0.4, -0.2) is 48.2 Å². The van der Waals surface area contributed by atoms with Crippen LogP contribution in [0.25, 0.3) is 11.3 Å². The molecule has 2 aliphatic rings. The van der Waals surface area contributed by atoms with Gasteiger partial charge < -0.3 is 9.47 Å². The Bertz CT molecular complexity index is 1030. The van der Waals surface area contributed by atoms with Crippen molar-refractivity contribution in [1.82, 2.24) is 29.2 Å².